The zero-order valence-corrected chi connectivity index (χ0v) is 16.2. The Labute approximate surface area is 154 Å². The summed E-state index contributed by atoms with van der Waals surface area (Å²) in [5.41, 5.74) is -0.321. The van der Waals surface area contributed by atoms with Gasteiger partial charge in [0, 0.05) is 6.61 Å². The van der Waals surface area contributed by atoms with Gasteiger partial charge in [-0.2, -0.15) is 0 Å². The van der Waals surface area contributed by atoms with Crippen molar-refractivity contribution in [2.75, 3.05) is 52.9 Å². The molecular formula is C21H38O4. The summed E-state index contributed by atoms with van der Waals surface area (Å²) in [5, 5.41) is 0. The second kappa shape index (κ2) is 17.9. The Balaban J connectivity index is 4.59. The normalized spacial score (nSPS) is 11.4. The van der Waals surface area contributed by atoms with Crippen LogP contribution in [0, 0.1) is 5.41 Å². The van der Waals surface area contributed by atoms with Crippen molar-refractivity contribution < 1.29 is 18.9 Å². The van der Waals surface area contributed by atoms with Crippen LogP contribution in [0.15, 0.2) is 38.0 Å². The maximum absolute atomic E-state index is 5.95. The molecule has 0 aliphatic carbocycles. The van der Waals surface area contributed by atoms with Crippen LogP contribution >= 0.6 is 0 Å². The Morgan fingerprint density at radius 1 is 0.680 bits per heavy atom. The van der Waals surface area contributed by atoms with E-state index in [2.05, 4.69) is 26.7 Å². The summed E-state index contributed by atoms with van der Waals surface area (Å²) >= 11 is 0. The van der Waals surface area contributed by atoms with Gasteiger partial charge in [0.25, 0.3) is 0 Å². The number of hydrogen-bond acceptors (Lipinski definition) is 4. The zero-order valence-electron chi connectivity index (χ0n) is 16.2. The van der Waals surface area contributed by atoms with Crippen LogP contribution in [0.2, 0.25) is 0 Å². The molecule has 0 atom stereocenters. The van der Waals surface area contributed by atoms with Gasteiger partial charge in [0.2, 0.25) is 0 Å². The standard InChI is InChI=1S/C21H38O4/c1-5-9-11-12-16-25-20-21(17-22-13-7-3,18-23-14-8-4)19-24-15-10-6-2/h6-8H,2-5,9-20H2,1H3. The fourth-order valence-electron chi connectivity index (χ4n) is 2.34. The van der Waals surface area contributed by atoms with Crippen LogP contribution in [0.4, 0.5) is 0 Å². The molecule has 0 aromatic heterocycles. The predicted octanol–water partition coefficient (Wildman–Crippen LogP) is 4.57. The smallest absolute Gasteiger partial charge is 0.0645 e. The lowest BCUT2D eigenvalue weighted by atomic mass is 9.92. The molecule has 0 N–H and O–H groups in total. The van der Waals surface area contributed by atoms with Crippen molar-refractivity contribution >= 4 is 0 Å². The van der Waals surface area contributed by atoms with Gasteiger partial charge in [-0.15, -0.1) is 19.7 Å². The molecule has 4 heteroatoms. The van der Waals surface area contributed by atoms with Gasteiger partial charge in [-0.1, -0.05) is 44.4 Å². The minimum Gasteiger partial charge on any atom is -0.381 e. The first-order valence-electron chi connectivity index (χ1n) is 9.38. The molecule has 0 saturated heterocycles. The SMILES string of the molecule is C=CCCOCC(COCC=C)(COCC=C)COCCCCCC. The van der Waals surface area contributed by atoms with Gasteiger partial charge in [-0.25, -0.2) is 0 Å². The molecule has 4 nitrogen and oxygen atoms in total. The molecule has 0 aliphatic heterocycles. The molecule has 0 rings (SSSR count). The molecule has 25 heavy (non-hydrogen) atoms. The highest BCUT2D eigenvalue weighted by molar-refractivity contribution is 4.81. The van der Waals surface area contributed by atoms with E-state index in [-0.39, 0.29) is 5.41 Å². The average Bonchev–Trinajstić information content (AvgIpc) is 2.62. The largest absolute Gasteiger partial charge is 0.381 e. The second-order valence-corrected chi connectivity index (χ2v) is 6.35. The third-order valence-corrected chi connectivity index (χ3v) is 3.71. The van der Waals surface area contributed by atoms with Crippen LogP contribution in [0.5, 0.6) is 0 Å². The van der Waals surface area contributed by atoms with Gasteiger partial charge in [-0.05, 0) is 12.8 Å². The van der Waals surface area contributed by atoms with Gasteiger partial charge in [0.1, 0.15) is 0 Å². The number of unbranched alkanes of at least 4 members (excludes halogenated alkanes) is 3. The van der Waals surface area contributed by atoms with E-state index in [0.29, 0.717) is 46.2 Å². The Morgan fingerprint density at radius 2 is 1.24 bits per heavy atom. The molecule has 0 heterocycles. The van der Waals surface area contributed by atoms with Crippen molar-refractivity contribution in [1.82, 2.24) is 0 Å². The van der Waals surface area contributed by atoms with Crippen LogP contribution in [-0.4, -0.2) is 52.9 Å². The Hall–Kier alpha value is -0.940. The summed E-state index contributed by atoms with van der Waals surface area (Å²) in [6.45, 7) is 17.9. The highest BCUT2D eigenvalue weighted by Gasteiger charge is 2.32. The lowest BCUT2D eigenvalue weighted by molar-refractivity contribution is -0.100. The molecule has 0 aliphatic rings. The minimum absolute atomic E-state index is 0.321. The van der Waals surface area contributed by atoms with E-state index in [0.717, 1.165) is 19.4 Å². The first-order chi connectivity index (χ1) is 12.2. The molecule has 0 spiro atoms. The molecule has 0 radical (unpaired) electrons. The molecule has 0 saturated carbocycles. The maximum Gasteiger partial charge on any atom is 0.0645 e. The fourth-order valence-corrected chi connectivity index (χ4v) is 2.34. The maximum atomic E-state index is 5.95. The topological polar surface area (TPSA) is 36.9 Å². The van der Waals surface area contributed by atoms with Crippen LogP contribution in [-0.2, 0) is 18.9 Å². The summed E-state index contributed by atoms with van der Waals surface area (Å²) in [6.07, 6.45) is 11.0. The fraction of sp³-hybridized carbons (Fsp3) is 0.714. The Kier molecular flexibility index (Phi) is 17.2. The van der Waals surface area contributed by atoms with E-state index in [1.807, 2.05) is 6.08 Å². The van der Waals surface area contributed by atoms with Gasteiger partial charge < -0.3 is 18.9 Å². The molecule has 146 valence electrons. The van der Waals surface area contributed by atoms with Gasteiger partial charge in [0.15, 0.2) is 0 Å². The van der Waals surface area contributed by atoms with E-state index in [1.54, 1.807) is 12.2 Å². The minimum atomic E-state index is -0.321. The van der Waals surface area contributed by atoms with E-state index >= 15 is 0 Å². The number of rotatable bonds is 20. The summed E-state index contributed by atoms with van der Waals surface area (Å²) in [7, 11) is 0. The third-order valence-electron chi connectivity index (χ3n) is 3.71. The average molecular weight is 355 g/mol. The predicted molar refractivity (Wildman–Crippen MR) is 105 cm³/mol. The molecule has 0 aromatic rings. The Morgan fingerprint density at radius 3 is 1.76 bits per heavy atom. The third kappa shape index (κ3) is 14.0. The van der Waals surface area contributed by atoms with Crippen LogP contribution in [0.1, 0.15) is 39.0 Å². The molecule has 0 bridgehead atoms. The summed E-state index contributed by atoms with van der Waals surface area (Å²) in [4.78, 5) is 0. The summed E-state index contributed by atoms with van der Waals surface area (Å²) < 4.78 is 23.2. The summed E-state index contributed by atoms with van der Waals surface area (Å²) in [5.74, 6) is 0. The van der Waals surface area contributed by atoms with Crippen molar-refractivity contribution in [3.8, 4) is 0 Å². The number of ether oxygens (including phenoxy) is 4. The van der Waals surface area contributed by atoms with E-state index in [9.17, 15) is 0 Å². The van der Waals surface area contributed by atoms with Gasteiger partial charge in [0.05, 0.1) is 51.7 Å². The molecule has 0 amide bonds. The molecule has 0 unspecified atom stereocenters. The summed E-state index contributed by atoms with van der Waals surface area (Å²) in [6, 6.07) is 0. The van der Waals surface area contributed by atoms with Crippen LogP contribution < -0.4 is 0 Å². The van der Waals surface area contributed by atoms with Gasteiger partial charge in [-0.3, -0.25) is 0 Å². The molecular weight excluding hydrogens is 316 g/mol. The highest BCUT2D eigenvalue weighted by Crippen LogP contribution is 2.21. The first-order valence-corrected chi connectivity index (χ1v) is 9.38. The second-order valence-electron chi connectivity index (χ2n) is 6.35. The molecule has 0 fully saturated rings. The quantitative estimate of drug-likeness (QED) is 0.237. The van der Waals surface area contributed by atoms with Gasteiger partial charge >= 0.3 is 0 Å². The van der Waals surface area contributed by atoms with Crippen LogP contribution in [0.3, 0.4) is 0 Å². The highest BCUT2D eigenvalue weighted by atomic mass is 16.5. The Bertz CT molecular complexity index is 314. The van der Waals surface area contributed by atoms with Crippen molar-refractivity contribution in [1.29, 1.82) is 0 Å². The van der Waals surface area contributed by atoms with Crippen LogP contribution in [0.25, 0.3) is 0 Å². The van der Waals surface area contributed by atoms with E-state index < -0.39 is 0 Å². The van der Waals surface area contributed by atoms with E-state index in [4.69, 9.17) is 18.9 Å². The zero-order chi connectivity index (χ0) is 18.6. The van der Waals surface area contributed by atoms with Crippen molar-refractivity contribution in [3.05, 3.63) is 38.0 Å². The lowest BCUT2D eigenvalue weighted by Gasteiger charge is -2.32. The number of hydrogen-bond donors (Lipinski definition) is 0. The lowest BCUT2D eigenvalue weighted by Crippen LogP contribution is -2.42. The van der Waals surface area contributed by atoms with Crippen molar-refractivity contribution in [2.24, 2.45) is 5.41 Å². The monoisotopic (exact) mass is 354 g/mol. The van der Waals surface area contributed by atoms with E-state index in [1.165, 1.54) is 19.3 Å². The molecule has 0 aromatic carbocycles. The van der Waals surface area contributed by atoms with Crippen molar-refractivity contribution in [3.63, 3.8) is 0 Å². The van der Waals surface area contributed by atoms with Crippen molar-refractivity contribution in [2.45, 2.75) is 39.0 Å². The first kappa shape index (κ1) is 24.1.